The fourth-order valence-corrected chi connectivity index (χ4v) is 2.81. The smallest absolute Gasteiger partial charge is 0.254 e. The molecule has 0 atom stereocenters. The van der Waals surface area contributed by atoms with E-state index >= 15 is 0 Å². The summed E-state index contributed by atoms with van der Waals surface area (Å²) >= 11 is 0. The SMILES string of the molecule is NC1CCN(C(=O)c2ccccc2COc2ccccc2)CC1. The number of nitrogens with zero attached hydrogens (tertiary/aromatic N) is 1. The molecule has 1 amide bonds. The molecule has 0 spiro atoms. The van der Waals surface area contributed by atoms with Crippen LogP contribution in [0.25, 0.3) is 0 Å². The highest BCUT2D eigenvalue weighted by Gasteiger charge is 2.23. The van der Waals surface area contributed by atoms with E-state index < -0.39 is 0 Å². The molecule has 0 radical (unpaired) electrons. The molecule has 23 heavy (non-hydrogen) atoms. The van der Waals surface area contributed by atoms with Gasteiger partial charge in [-0.15, -0.1) is 0 Å². The Hall–Kier alpha value is -2.33. The van der Waals surface area contributed by atoms with E-state index in [0.29, 0.717) is 6.61 Å². The van der Waals surface area contributed by atoms with E-state index in [9.17, 15) is 4.79 Å². The summed E-state index contributed by atoms with van der Waals surface area (Å²) < 4.78 is 5.80. The quantitative estimate of drug-likeness (QED) is 0.945. The second-order valence-electron chi connectivity index (χ2n) is 5.89. The van der Waals surface area contributed by atoms with Crippen molar-refractivity contribution in [1.82, 2.24) is 4.90 Å². The summed E-state index contributed by atoms with van der Waals surface area (Å²) in [5, 5.41) is 0. The average Bonchev–Trinajstić information content (AvgIpc) is 2.61. The molecule has 1 fully saturated rings. The van der Waals surface area contributed by atoms with Crippen LogP contribution in [0.2, 0.25) is 0 Å². The molecule has 1 aliphatic heterocycles. The Morgan fingerprint density at radius 3 is 2.43 bits per heavy atom. The molecule has 3 rings (SSSR count). The Morgan fingerprint density at radius 1 is 1.04 bits per heavy atom. The predicted octanol–water partition coefficient (Wildman–Crippen LogP) is 2.83. The number of para-hydroxylation sites is 1. The summed E-state index contributed by atoms with van der Waals surface area (Å²) in [6, 6.07) is 17.5. The van der Waals surface area contributed by atoms with Crippen molar-refractivity contribution in [2.75, 3.05) is 13.1 Å². The lowest BCUT2D eigenvalue weighted by Crippen LogP contribution is -2.43. The number of nitrogens with two attached hydrogens (primary N) is 1. The van der Waals surface area contributed by atoms with Gasteiger partial charge in [0.1, 0.15) is 12.4 Å². The van der Waals surface area contributed by atoms with Gasteiger partial charge < -0.3 is 15.4 Å². The van der Waals surface area contributed by atoms with E-state index in [1.54, 1.807) is 0 Å². The zero-order chi connectivity index (χ0) is 16.1. The second kappa shape index (κ2) is 7.29. The minimum Gasteiger partial charge on any atom is -0.489 e. The molecule has 2 aromatic carbocycles. The summed E-state index contributed by atoms with van der Waals surface area (Å²) in [5.74, 6) is 0.878. The van der Waals surface area contributed by atoms with Gasteiger partial charge in [-0.2, -0.15) is 0 Å². The van der Waals surface area contributed by atoms with E-state index in [2.05, 4.69) is 0 Å². The first kappa shape index (κ1) is 15.6. The van der Waals surface area contributed by atoms with Crippen LogP contribution in [-0.2, 0) is 6.61 Å². The van der Waals surface area contributed by atoms with Gasteiger partial charge in [-0.25, -0.2) is 0 Å². The third kappa shape index (κ3) is 3.90. The van der Waals surface area contributed by atoms with Gasteiger partial charge in [0.2, 0.25) is 0 Å². The van der Waals surface area contributed by atoms with Crippen molar-refractivity contribution < 1.29 is 9.53 Å². The number of hydrogen-bond donors (Lipinski definition) is 1. The summed E-state index contributed by atoms with van der Waals surface area (Å²) in [6.07, 6.45) is 1.74. The van der Waals surface area contributed by atoms with Gasteiger partial charge in [0.15, 0.2) is 0 Å². The van der Waals surface area contributed by atoms with Gasteiger partial charge in [-0.1, -0.05) is 36.4 Å². The van der Waals surface area contributed by atoms with E-state index in [0.717, 1.165) is 42.8 Å². The highest BCUT2D eigenvalue weighted by Crippen LogP contribution is 2.18. The lowest BCUT2D eigenvalue weighted by Gasteiger charge is -2.30. The number of hydrogen-bond acceptors (Lipinski definition) is 3. The third-order valence-corrected chi connectivity index (χ3v) is 4.21. The second-order valence-corrected chi connectivity index (χ2v) is 5.89. The summed E-state index contributed by atoms with van der Waals surface area (Å²) in [6.45, 7) is 1.85. The van der Waals surface area contributed by atoms with Crippen LogP contribution in [0.5, 0.6) is 5.75 Å². The Labute approximate surface area is 136 Å². The number of piperidine rings is 1. The van der Waals surface area contributed by atoms with E-state index in [1.165, 1.54) is 0 Å². The van der Waals surface area contributed by atoms with Gasteiger partial charge >= 0.3 is 0 Å². The zero-order valence-electron chi connectivity index (χ0n) is 13.2. The van der Waals surface area contributed by atoms with Crippen molar-refractivity contribution in [3.05, 3.63) is 65.7 Å². The first-order chi connectivity index (χ1) is 11.2. The largest absolute Gasteiger partial charge is 0.489 e. The Kier molecular flexibility index (Phi) is 4.93. The number of amides is 1. The van der Waals surface area contributed by atoms with Gasteiger partial charge in [0.25, 0.3) is 5.91 Å². The topological polar surface area (TPSA) is 55.6 Å². The van der Waals surface area contributed by atoms with Crippen molar-refractivity contribution in [3.8, 4) is 5.75 Å². The number of carbonyl (C=O) groups is 1. The summed E-state index contributed by atoms with van der Waals surface area (Å²) in [7, 11) is 0. The first-order valence-corrected chi connectivity index (χ1v) is 8.04. The lowest BCUT2D eigenvalue weighted by atomic mass is 10.0. The predicted molar refractivity (Wildman–Crippen MR) is 90.3 cm³/mol. The first-order valence-electron chi connectivity index (χ1n) is 8.04. The minimum atomic E-state index is 0.0733. The molecular weight excluding hydrogens is 288 g/mol. The molecule has 2 aromatic rings. The molecule has 0 bridgehead atoms. The van der Waals surface area contributed by atoms with E-state index in [1.807, 2.05) is 59.5 Å². The maximum absolute atomic E-state index is 12.8. The normalized spacial score (nSPS) is 15.4. The maximum atomic E-state index is 12.8. The molecule has 120 valence electrons. The van der Waals surface area contributed by atoms with Crippen LogP contribution in [0.3, 0.4) is 0 Å². The van der Waals surface area contributed by atoms with Gasteiger partial charge in [-0.3, -0.25) is 4.79 Å². The highest BCUT2D eigenvalue weighted by molar-refractivity contribution is 5.95. The van der Waals surface area contributed by atoms with E-state index in [4.69, 9.17) is 10.5 Å². The van der Waals surface area contributed by atoms with Crippen molar-refractivity contribution in [2.45, 2.75) is 25.5 Å². The zero-order valence-corrected chi connectivity index (χ0v) is 13.2. The Balaban J connectivity index is 1.71. The third-order valence-electron chi connectivity index (χ3n) is 4.21. The molecular formula is C19H22N2O2. The molecule has 4 heteroatoms. The van der Waals surface area contributed by atoms with Crippen LogP contribution in [0, 0.1) is 0 Å². The van der Waals surface area contributed by atoms with Crippen LogP contribution < -0.4 is 10.5 Å². The van der Waals surface area contributed by atoms with Crippen molar-refractivity contribution in [2.24, 2.45) is 5.73 Å². The average molecular weight is 310 g/mol. The molecule has 1 aliphatic rings. The summed E-state index contributed by atoms with van der Waals surface area (Å²) in [4.78, 5) is 14.7. The monoisotopic (exact) mass is 310 g/mol. The van der Waals surface area contributed by atoms with Gasteiger partial charge in [0, 0.05) is 30.3 Å². The molecule has 1 heterocycles. The number of benzene rings is 2. The van der Waals surface area contributed by atoms with Crippen LogP contribution in [0.4, 0.5) is 0 Å². The van der Waals surface area contributed by atoms with Crippen molar-refractivity contribution >= 4 is 5.91 Å². The number of ether oxygens (including phenoxy) is 1. The number of carbonyl (C=O) groups excluding carboxylic acids is 1. The molecule has 4 nitrogen and oxygen atoms in total. The Bertz CT molecular complexity index is 649. The molecule has 0 saturated carbocycles. The Morgan fingerprint density at radius 2 is 1.70 bits per heavy atom. The lowest BCUT2D eigenvalue weighted by molar-refractivity contribution is 0.0712. The molecule has 0 aliphatic carbocycles. The standard InChI is InChI=1S/C19H22N2O2/c20-16-10-12-21(13-11-16)19(22)18-9-5-4-6-15(18)14-23-17-7-2-1-3-8-17/h1-9,16H,10-14,20H2. The molecule has 1 saturated heterocycles. The maximum Gasteiger partial charge on any atom is 0.254 e. The van der Waals surface area contributed by atoms with Crippen molar-refractivity contribution in [1.29, 1.82) is 0 Å². The fraction of sp³-hybridized carbons (Fsp3) is 0.316. The molecule has 0 unspecified atom stereocenters. The van der Waals surface area contributed by atoms with Gasteiger partial charge in [-0.05, 0) is 31.0 Å². The molecule has 0 aromatic heterocycles. The van der Waals surface area contributed by atoms with Crippen LogP contribution in [-0.4, -0.2) is 29.9 Å². The van der Waals surface area contributed by atoms with Gasteiger partial charge in [0.05, 0.1) is 0 Å². The van der Waals surface area contributed by atoms with E-state index in [-0.39, 0.29) is 11.9 Å². The highest BCUT2D eigenvalue weighted by atomic mass is 16.5. The number of likely N-dealkylation sites (tertiary alicyclic amines) is 1. The van der Waals surface area contributed by atoms with Crippen LogP contribution in [0.15, 0.2) is 54.6 Å². The van der Waals surface area contributed by atoms with Crippen molar-refractivity contribution in [3.63, 3.8) is 0 Å². The fourth-order valence-electron chi connectivity index (χ4n) is 2.81. The summed E-state index contributed by atoms with van der Waals surface area (Å²) in [5.41, 5.74) is 7.55. The van der Waals surface area contributed by atoms with Crippen LogP contribution in [0.1, 0.15) is 28.8 Å². The van der Waals surface area contributed by atoms with Crippen LogP contribution >= 0.6 is 0 Å². The number of rotatable bonds is 4. The minimum absolute atomic E-state index is 0.0733. The molecule has 2 N–H and O–H groups in total.